The first-order valence-electron chi connectivity index (χ1n) is 19.2. The van der Waals surface area contributed by atoms with Gasteiger partial charge in [0.15, 0.2) is 17.5 Å². The minimum Gasteiger partial charge on any atom is -0.456 e. The molecule has 0 fully saturated rings. The highest BCUT2D eigenvalue weighted by atomic mass is 16.3. The van der Waals surface area contributed by atoms with Crippen LogP contribution in [0.15, 0.2) is 174 Å². The zero-order valence-electron chi connectivity index (χ0n) is 32.4. The van der Waals surface area contributed by atoms with Crippen LogP contribution in [0.3, 0.4) is 0 Å². The van der Waals surface area contributed by atoms with Crippen molar-refractivity contribution in [2.24, 2.45) is 0 Å². The molecule has 7 aromatic carbocycles. The van der Waals surface area contributed by atoms with E-state index in [1.807, 2.05) is 97.1 Å². The standard InChI is InChI=1S/C45H28N4O/c1-2-11-29(12-3-1)31-13-10-14-32(27-31)44-46-43(47-45(48-44)33-23-26-38-37-17-6-9-20-41(37)50-42(38)28-33)30-21-24-34(25-22-30)49-39-18-7-4-15-35(39)36-16-5-8-19-40(36)49/h1-28H/i4D,5D,15D,16D,18D,19D. The number of rotatable bonds is 5. The fourth-order valence-electron chi connectivity index (χ4n) is 6.63. The molecule has 234 valence electrons. The Labute approximate surface area is 296 Å². The maximum absolute atomic E-state index is 8.83. The van der Waals surface area contributed by atoms with Gasteiger partial charge in [-0.05, 0) is 71.7 Å². The quantitative estimate of drug-likeness (QED) is 0.187. The van der Waals surface area contributed by atoms with E-state index in [1.54, 1.807) is 4.57 Å². The van der Waals surface area contributed by atoms with Gasteiger partial charge in [-0.25, -0.2) is 15.0 Å². The molecule has 0 radical (unpaired) electrons. The summed E-state index contributed by atoms with van der Waals surface area (Å²) in [4.78, 5) is 15.0. The van der Waals surface area contributed by atoms with Crippen LogP contribution in [0.2, 0.25) is 0 Å². The van der Waals surface area contributed by atoms with Gasteiger partial charge >= 0.3 is 0 Å². The van der Waals surface area contributed by atoms with E-state index < -0.39 is 0 Å². The van der Waals surface area contributed by atoms with Gasteiger partial charge in [0.1, 0.15) is 11.2 Å². The second-order valence-corrected chi connectivity index (χ2v) is 12.0. The van der Waals surface area contributed by atoms with Gasteiger partial charge in [-0.15, -0.1) is 0 Å². The summed E-state index contributed by atoms with van der Waals surface area (Å²) in [6.07, 6.45) is 0. The van der Waals surface area contributed by atoms with Gasteiger partial charge in [0.05, 0.1) is 19.3 Å². The number of aromatic nitrogens is 4. The molecule has 0 N–H and O–H groups in total. The monoisotopic (exact) mass is 646 g/mol. The van der Waals surface area contributed by atoms with Crippen molar-refractivity contribution in [2.75, 3.05) is 0 Å². The molecule has 3 heterocycles. The number of hydrogen-bond acceptors (Lipinski definition) is 4. The molecule has 0 bridgehead atoms. The van der Waals surface area contributed by atoms with E-state index >= 15 is 0 Å². The van der Waals surface area contributed by atoms with Crippen molar-refractivity contribution >= 4 is 43.7 Å². The molecule has 0 amide bonds. The molecule has 10 aromatic rings. The Kier molecular flexibility index (Phi) is 5.17. The first kappa shape index (κ1) is 22.7. The van der Waals surface area contributed by atoms with Crippen molar-refractivity contribution in [3.05, 3.63) is 170 Å². The predicted octanol–water partition coefficient (Wildman–Crippen LogP) is 11.5. The lowest BCUT2D eigenvalue weighted by Gasteiger charge is -2.11. The van der Waals surface area contributed by atoms with E-state index in [1.165, 1.54) is 12.1 Å². The topological polar surface area (TPSA) is 56.7 Å². The van der Waals surface area contributed by atoms with Gasteiger partial charge in [-0.1, -0.05) is 109 Å². The summed E-state index contributed by atoms with van der Waals surface area (Å²) in [7, 11) is 0. The largest absolute Gasteiger partial charge is 0.456 e. The van der Waals surface area contributed by atoms with Crippen molar-refractivity contribution in [1.29, 1.82) is 0 Å². The Morgan fingerprint density at radius 1 is 0.420 bits per heavy atom. The molecular weight excluding hydrogens is 613 g/mol. The van der Waals surface area contributed by atoms with E-state index in [0.29, 0.717) is 39.8 Å². The van der Waals surface area contributed by atoms with Gasteiger partial charge in [0.25, 0.3) is 0 Å². The Bertz CT molecular complexity index is 3140. The van der Waals surface area contributed by atoms with Gasteiger partial charge < -0.3 is 8.98 Å². The van der Waals surface area contributed by atoms with Gasteiger partial charge in [-0.3, -0.25) is 0 Å². The lowest BCUT2D eigenvalue weighted by atomic mass is 10.0. The van der Waals surface area contributed by atoms with Crippen molar-refractivity contribution in [3.8, 4) is 51.0 Å². The molecule has 0 aliphatic rings. The van der Waals surface area contributed by atoms with E-state index in [2.05, 4.69) is 24.3 Å². The number of fused-ring (bicyclic) bond motifs is 6. The van der Waals surface area contributed by atoms with Crippen LogP contribution in [-0.4, -0.2) is 19.5 Å². The van der Waals surface area contributed by atoms with E-state index in [-0.39, 0.29) is 47.0 Å². The number of hydrogen-bond donors (Lipinski definition) is 0. The summed E-state index contributed by atoms with van der Waals surface area (Å²) in [6.45, 7) is 0. The summed E-state index contributed by atoms with van der Waals surface area (Å²) in [5.41, 5.74) is 7.03. The van der Waals surface area contributed by atoms with Crippen LogP contribution in [0.25, 0.3) is 94.7 Å². The fraction of sp³-hybridized carbons (Fsp3) is 0. The first-order valence-corrected chi connectivity index (χ1v) is 16.2. The van der Waals surface area contributed by atoms with E-state index in [4.69, 9.17) is 27.6 Å². The number of para-hydroxylation sites is 3. The van der Waals surface area contributed by atoms with Crippen LogP contribution in [0.5, 0.6) is 0 Å². The lowest BCUT2D eigenvalue weighted by molar-refractivity contribution is 0.669. The van der Waals surface area contributed by atoms with Crippen LogP contribution in [0, 0.1) is 0 Å². The predicted molar refractivity (Wildman–Crippen MR) is 203 cm³/mol. The Balaban J connectivity index is 1.15. The molecule has 0 saturated carbocycles. The Morgan fingerprint density at radius 2 is 1.00 bits per heavy atom. The van der Waals surface area contributed by atoms with E-state index in [9.17, 15) is 0 Å². The fourth-order valence-corrected chi connectivity index (χ4v) is 6.63. The van der Waals surface area contributed by atoms with Crippen LogP contribution in [-0.2, 0) is 0 Å². The molecular formula is C45H28N4O. The summed E-state index contributed by atoms with van der Waals surface area (Å²) in [5, 5.41) is 2.44. The summed E-state index contributed by atoms with van der Waals surface area (Å²) < 4.78 is 59.6. The van der Waals surface area contributed by atoms with Gasteiger partial charge in [0, 0.05) is 43.9 Å². The van der Waals surface area contributed by atoms with Crippen molar-refractivity contribution in [1.82, 2.24) is 19.5 Å². The molecule has 5 nitrogen and oxygen atoms in total. The molecule has 3 aromatic heterocycles. The molecule has 0 atom stereocenters. The zero-order valence-corrected chi connectivity index (χ0v) is 26.4. The maximum Gasteiger partial charge on any atom is 0.164 e. The maximum atomic E-state index is 8.83. The average Bonchev–Trinajstić information content (AvgIpc) is 3.80. The van der Waals surface area contributed by atoms with Crippen LogP contribution in [0.4, 0.5) is 0 Å². The minimum absolute atomic E-state index is 0.0162. The second-order valence-electron chi connectivity index (χ2n) is 12.0. The molecule has 0 spiro atoms. The molecule has 0 aliphatic heterocycles. The SMILES string of the molecule is [2H]c1cc([2H])c2c(c1[2H])c1c([2H])c([2H])cc([2H])c1n2-c1ccc(-c2nc(-c3cccc(-c4ccccc4)c3)nc(-c3ccc4c(c3)oc3ccccc34)n2)cc1. The lowest BCUT2D eigenvalue weighted by Crippen LogP contribution is -2.01. The molecule has 10 rings (SSSR count). The highest BCUT2D eigenvalue weighted by molar-refractivity contribution is 6.09. The molecule has 50 heavy (non-hydrogen) atoms. The number of nitrogens with zero attached hydrogens (tertiary/aromatic N) is 4. The van der Waals surface area contributed by atoms with Crippen LogP contribution >= 0.6 is 0 Å². The number of benzene rings is 7. The van der Waals surface area contributed by atoms with Crippen LogP contribution in [0.1, 0.15) is 8.22 Å². The summed E-state index contributed by atoms with van der Waals surface area (Å²) in [6, 6.07) is 41.4. The summed E-state index contributed by atoms with van der Waals surface area (Å²) in [5.74, 6) is 1.38. The summed E-state index contributed by atoms with van der Waals surface area (Å²) >= 11 is 0. The van der Waals surface area contributed by atoms with Crippen molar-refractivity contribution < 1.29 is 12.6 Å². The highest BCUT2D eigenvalue weighted by Crippen LogP contribution is 2.35. The van der Waals surface area contributed by atoms with Crippen LogP contribution < -0.4 is 0 Å². The van der Waals surface area contributed by atoms with Gasteiger partial charge in [0.2, 0.25) is 0 Å². The third-order valence-electron chi connectivity index (χ3n) is 9.01. The highest BCUT2D eigenvalue weighted by Gasteiger charge is 2.16. The van der Waals surface area contributed by atoms with Crippen molar-refractivity contribution in [2.45, 2.75) is 0 Å². The Hall–Kier alpha value is -6.85. The third kappa shape index (κ3) is 4.67. The Morgan fingerprint density at radius 3 is 1.74 bits per heavy atom. The molecule has 0 unspecified atom stereocenters. The molecule has 0 saturated heterocycles. The second kappa shape index (κ2) is 11.4. The van der Waals surface area contributed by atoms with E-state index in [0.717, 1.165) is 44.2 Å². The van der Waals surface area contributed by atoms with Gasteiger partial charge in [-0.2, -0.15) is 0 Å². The smallest absolute Gasteiger partial charge is 0.164 e. The normalized spacial score (nSPS) is 13.3. The zero-order chi connectivity index (χ0) is 38.2. The minimum atomic E-state index is -0.159. The van der Waals surface area contributed by atoms with Crippen molar-refractivity contribution in [3.63, 3.8) is 0 Å². The molecule has 5 heteroatoms. The molecule has 0 aliphatic carbocycles. The number of furan rings is 1. The first-order chi connectivity index (χ1) is 27.2. The third-order valence-corrected chi connectivity index (χ3v) is 9.01. The average molecular weight is 647 g/mol.